The van der Waals surface area contributed by atoms with Gasteiger partial charge in [-0.1, -0.05) is 12.8 Å². The van der Waals surface area contributed by atoms with E-state index in [0.29, 0.717) is 36.3 Å². The standard InChI is InChI=1S/C24H44N2O4P2/c1-25(2)31-27-19-13-11-17-7-5-9-23(21(17)15-19)29-32(26(3)4)30-24-10-6-8-18-12-14-20(28-31)16-22(18)24/h17-24H,5-16H2,1-4H3. The van der Waals surface area contributed by atoms with E-state index in [0.717, 1.165) is 24.7 Å². The van der Waals surface area contributed by atoms with E-state index >= 15 is 0 Å². The van der Waals surface area contributed by atoms with E-state index in [1.807, 2.05) is 0 Å². The molecule has 184 valence electrons. The van der Waals surface area contributed by atoms with Crippen LogP contribution in [-0.2, 0) is 18.1 Å². The molecule has 1 aliphatic heterocycles. The third-order valence-electron chi connectivity index (χ3n) is 8.66. The number of fused-ring (bicyclic) bond motifs is 2. The average Bonchev–Trinajstić information content (AvgIpc) is 2.78. The molecule has 5 rings (SSSR count). The van der Waals surface area contributed by atoms with E-state index in [9.17, 15) is 0 Å². The van der Waals surface area contributed by atoms with Gasteiger partial charge in [-0.2, -0.15) is 0 Å². The summed E-state index contributed by atoms with van der Waals surface area (Å²) < 4.78 is 31.6. The highest BCUT2D eigenvalue weighted by Crippen LogP contribution is 2.56. The van der Waals surface area contributed by atoms with Crippen LogP contribution in [0, 0.1) is 23.7 Å². The first-order valence-corrected chi connectivity index (χ1v) is 15.4. The maximum atomic E-state index is 6.89. The van der Waals surface area contributed by atoms with Gasteiger partial charge in [0.25, 0.3) is 17.1 Å². The van der Waals surface area contributed by atoms with Gasteiger partial charge in [0.2, 0.25) is 0 Å². The summed E-state index contributed by atoms with van der Waals surface area (Å²) >= 11 is 0. The van der Waals surface area contributed by atoms with Gasteiger partial charge >= 0.3 is 0 Å². The molecule has 6 nitrogen and oxygen atoms in total. The Bertz CT molecular complexity index is 583. The van der Waals surface area contributed by atoms with Crippen LogP contribution in [0.4, 0.5) is 0 Å². The Morgan fingerprint density at radius 1 is 0.531 bits per heavy atom. The summed E-state index contributed by atoms with van der Waals surface area (Å²) in [5.74, 6) is 2.75. The summed E-state index contributed by atoms with van der Waals surface area (Å²) in [5, 5.41) is 0. The van der Waals surface area contributed by atoms with Crippen molar-refractivity contribution in [3.63, 3.8) is 0 Å². The van der Waals surface area contributed by atoms with Crippen LogP contribution in [0.1, 0.15) is 77.0 Å². The quantitative estimate of drug-likeness (QED) is 0.426. The first-order chi connectivity index (χ1) is 15.5. The summed E-state index contributed by atoms with van der Waals surface area (Å²) in [5.41, 5.74) is 0. The number of hydrogen-bond acceptors (Lipinski definition) is 6. The molecule has 5 aliphatic rings. The fourth-order valence-corrected chi connectivity index (χ4v) is 9.77. The van der Waals surface area contributed by atoms with Crippen molar-refractivity contribution in [2.75, 3.05) is 28.2 Å². The van der Waals surface area contributed by atoms with Gasteiger partial charge in [0, 0.05) is 0 Å². The number of hydrogen-bond donors (Lipinski definition) is 0. The molecule has 0 aromatic heterocycles. The first kappa shape index (κ1) is 24.3. The van der Waals surface area contributed by atoms with Crippen LogP contribution in [0.25, 0.3) is 0 Å². The molecule has 0 spiro atoms. The Kier molecular flexibility index (Phi) is 8.14. The Morgan fingerprint density at radius 2 is 0.969 bits per heavy atom. The van der Waals surface area contributed by atoms with E-state index in [-0.39, 0.29) is 0 Å². The Balaban J connectivity index is 1.42. The molecule has 4 aliphatic carbocycles. The lowest BCUT2D eigenvalue weighted by atomic mass is 9.68. The van der Waals surface area contributed by atoms with Gasteiger partial charge in [0.15, 0.2) is 0 Å². The van der Waals surface area contributed by atoms with Gasteiger partial charge < -0.3 is 18.1 Å². The van der Waals surface area contributed by atoms with Crippen molar-refractivity contribution >= 4 is 17.1 Å². The zero-order valence-electron chi connectivity index (χ0n) is 20.5. The molecule has 32 heavy (non-hydrogen) atoms. The molecule has 8 unspecified atom stereocenters. The predicted octanol–water partition coefficient (Wildman–Crippen LogP) is 6.32. The van der Waals surface area contributed by atoms with E-state index in [2.05, 4.69) is 37.5 Å². The van der Waals surface area contributed by atoms with Crippen molar-refractivity contribution < 1.29 is 18.1 Å². The second-order valence-corrected chi connectivity index (χ2v) is 14.6. The van der Waals surface area contributed by atoms with Crippen LogP contribution < -0.4 is 0 Å². The van der Waals surface area contributed by atoms with Crippen LogP contribution in [-0.4, -0.2) is 61.9 Å². The lowest BCUT2D eigenvalue weighted by molar-refractivity contribution is -0.0505. The van der Waals surface area contributed by atoms with Crippen molar-refractivity contribution in [2.24, 2.45) is 23.7 Å². The molecule has 5 fully saturated rings. The van der Waals surface area contributed by atoms with Crippen LogP contribution in [0.5, 0.6) is 0 Å². The monoisotopic (exact) mass is 486 g/mol. The minimum absolute atomic E-state index is 0.294. The number of rotatable bonds is 2. The summed E-state index contributed by atoms with van der Waals surface area (Å²) in [7, 11) is 6.50. The molecule has 8 heteroatoms. The van der Waals surface area contributed by atoms with E-state index in [4.69, 9.17) is 18.1 Å². The van der Waals surface area contributed by atoms with E-state index in [1.54, 1.807) is 0 Å². The summed E-state index contributed by atoms with van der Waals surface area (Å²) in [6.45, 7) is 0. The van der Waals surface area contributed by atoms with Gasteiger partial charge in [-0.05, 0) is 116 Å². The maximum absolute atomic E-state index is 6.89. The second kappa shape index (κ2) is 10.7. The Labute approximate surface area is 198 Å². The van der Waals surface area contributed by atoms with Crippen molar-refractivity contribution in [1.82, 2.24) is 9.34 Å². The molecule has 0 radical (unpaired) electrons. The van der Waals surface area contributed by atoms with E-state index < -0.39 is 17.1 Å². The molecule has 0 aromatic carbocycles. The SMILES string of the molecule is CN(C)P1OC2CCC3CCCC(OP(N(C)C)OC4CCCC5CCC(CC54)O1)C3C2. The van der Waals surface area contributed by atoms with Crippen molar-refractivity contribution in [1.29, 1.82) is 0 Å². The van der Waals surface area contributed by atoms with E-state index in [1.165, 1.54) is 64.2 Å². The van der Waals surface area contributed by atoms with Crippen molar-refractivity contribution in [2.45, 2.75) is 101 Å². The van der Waals surface area contributed by atoms with Gasteiger partial charge in [-0.3, -0.25) is 0 Å². The molecular formula is C24H44N2O4P2. The number of nitrogens with zero attached hydrogens (tertiary/aromatic N) is 2. The van der Waals surface area contributed by atoms with Crippen molar-refractivity contribution in [3.05, 3.63) is 0 Å². The highest BCUT2D eigenvalue weighted by molar-refractivity contribution is 7.44. The van der Waals surface area contributed by atoms with Crippen LogP contribution >= 0.6 is 17.1 Å². The van der Waals surface area contributed by atoms with Gasteiger partial charge in [-0.15, -0.1) is 0 Å². The predicted molar refractivity (Wildman–Crippen MR) is 130 cm³/mol. The average molecular weight is 487 g/mol. The molecule has 4 bridgehead atoms. The highest BCUT2D eigenvalue weighted by Gasteiger charge is 2.45. The third kappa shape index (κ3) is 5.39. The molecule has 8 atom stereocenters. The molecule has 0 N–H and O–H groups in total. The zero-order chi connectivity index (χ0) is 22.2. The Morgan fingerprint density at radius 3 is 1.41 bits per heavy atom. The van der Waals surface area contributed by atoms with Crippen LogP contribution in [0.2, 0.25) is 0 Å². The van der Waals surface area contributed by atoms with Crippen LogP contribution in [0.15, 0.2) is 0 Å². The molecule has 1 heterocycles. The highest BCUT2D eigenvalue weighted by atomic mass is 31.2. The maximum Gasteiger partial charge on any atom is 0.258 e. The Hall–Kier alpha value is 0.620. The summed E-state index contributed by atoms with van der Waals surface area (Å²) in [6.07, 6.45) is 15.9. The largest absolute Gasteiger partial charge is 0.319 e. The van der Waals surface area contributed by atoms with Gasteiger partial charge in [0.1, 0.15) is 0 Å². The normalized spacial score (nSPS) is 47.8. The topological polar surface area (TPSA) is 43.4 Å². The second-order valence-electron chi connectivity index (χ2n) is 11.2. The van der Waals surface area contributed by atoms with Crippen molar-refractivity contribution in [3.8, 4) is 0 Å². The molecule has 4 saturated carbocycles. The fourth-order valence-electron chi connectivity index (χ4n) is 7.04. The third-order valence-corrected chi connectivity index (χ3v) is 11.8. The minimum atomic E-state index is -1.02. The first-order valence-electron chi connectivity index (χ1n) is 13.1. The molecule has 0 aromatic rings. The summed E-state index contributed by atoms with van der Waals surface area (Å²) in [6, 6.07) is 0. The lowest BCUT2D eigenvalue weighted by Crippen LogP contribution is -2.43. The molecule has 1 saturated heterocycles. The lowest BCUT2D eigenvalue weighted by Gasteiger charge is -2.48. The molecule has 0 amide bonds. The molecular weight excluding hydrogens is 442 g/mol. The fraction of sp³-hybridized carbons (Fsp3) is 1.00. The summed E-state index contributed by atoms with van der Waals surface area (Å²) in [4.78, 5) is 0. The smallest absolute Gasteiger partial charge is 0.258 e. The van der Waals surface area contributed by atoms with Gasteiger partial charge in [0.05, 0.1) is 24.4 Å². The zero-order valence-corrected chi connectivity index (χ0v) is 22.3. The van der Waals surface area contributed by atoms with Gasteiger partial charge in [-0.25, -0.2) is 9.34 Å². The van der Waals surface area contributed by atoms with Crippen LogP contribution in [0.3, 0.4) is 0 Å². The minimum Gasteiger partial charge on any atom is -0.319 e.